The molecule has 0 saturated carbocycles. The van der Waals surface area contributed by atoms with E-state index in [1.165, 1.54) is 0 Å². The van der Waals surface area contributed by atoms with Crippen molar-refractivity contribution in [2.75, 3.05) is 5.32 Å². The summed E-state index contributed by atoms with van der Waals surface area (Å²) in [5.74, 6) is -0.228. The van der Waals surface area contributed by atoms with E-state index < -0.39 is 5.41 Å². The molecule has 1 aromatic carbocycles. The first kappa shape index (κ1) is 16.5. The molecule has 0 aliphatic carbocycles. The summed E-state index contributed by atoms with van der Waals surface area (Å²) < 4.78 is 0. The SMILES string of the molecule is CCCC(C#N)(CCC)C(=O)Nc1cccc(Cl)c1C. The fourth-order valence-electron chi connectivity index (χ4n) is 2.35. The number of anilines is 1. The first-order valence-corrected chi connectivity index (χ1v) is 7.36. The molecule has 0 aliphatic heterocycles. The third kappa shape index (κ3) is 3.52. The van der Waals surface area contributed by atoms with Crippen molar-refractivity contribution in [3.8, 4) is 6.07 Å². The molecule has 0 bridgehead atoms. The summed E-state index contributed by atoms with van der Waals surface area (Å²) in [6.45, 7) is 5.82. The zero-order valence-electron chi connectivity index (χ0n) is 12.3. The highest BCUT2D eigenvalue weighted by Gasteiger charge is 2.37. The van der Waals surface area contributed by atoms with Crippen molar-refractivity contribution in [3.63, 3.8) is 0 Å². The van der Waals surface area contributed by atoms with Crippen molar-refractivity contribution < 1.29 is 4.79 Å². The average Bonchev–Trinajstić information content (AvgIpc) is 2.43. The van der Waals surface area contributed by atoms with E-state index in [2.05, 4.69) is 11.4 Å². The van der Waals surface area contributed by atoms with E-state index in [0.717, 1.165) is 18.4 Å². The number of nitrogens with zero attached hydrogens (tertiary/aromatic N) is 1. The maximum atomic E-state index is 12.5. The number of nitriles is 1. The van der Waals surface area contributed by atoms with E-state index in [4.69, 9.17) is 11.6 Å². The van der Waals surface area contributed by atoms with Gasteiger partial charge in [0.15, 0.2) is 0 Å². The Kier molecular flexibility index (Phi) is 6.04. The van der Waals surface area contributed by atoms with E-state index in [0.29, 0.717) is 23.6 Å². The number of carbonyl (C=O) groups is 1. The van der Waals surface area contributed by atoms with Crippen LogP contribution in [0.15, 0.2) is 18.2 Å². The second-order valence-electron chi connectivity index (χ2n) is 5.06. The van der Waals surface area contributed by atoms with Crippen molar-refractivity contribution >= 4 is 23.2 Å². The largest absolute Gasteiger partial charge is 0.324 e. The van der Waals surface area contributed by atoms with Gasteiger partial charge in [-0.3, -0.25) is 4.79 Å². The normalized spacial score (nSPS) is 10.9. The van der Waals surface area contributed by atoms with Crippen LogP contribution < -0.4 is 5.32 Å². The molecule has 0 atom stereocenters. The second-order valence-corrected chi connectivity index (χ2v) is 5.47. The van der Waals surface area contributed by atoms with E-state index in [1.54, 1.807) is 18.2 Å². The van der Waals surface area contributed by atoms with Crippen LogP contribution in [0, 0.1) is 23.7 Å². The highest BCUT2D eigenvalue weighted by molar-refractivity contribution is 6.31. The molecular formula is C16H21ClN2O. The quantitative estimate of drug-likeness (QED) is 0.826. The van der Waals surface area contributed by atoms with Crippen molar-refractivity contribution in [1.82, 2.24) is 0 Å². The predicted octanol–water partition coefficient (Wildman–Crippen LogP) is 4.70. The Labute approximate surface area is 125 Å². The molecule has 1 amide bonds. The summed E-state index contributed by atoms with van der Waals surface area (Å²) in [4.78, 5) is 12.5. The molecule has 4 heteroatoms. The lowest BCUT2D eigenvalue weighted by Crippen LogP contribution is -2.35. The molecule has 0 radical (unpaired) electrons. The van der Waals surface area contributed by atoms with Crippen molar-refractivity contribution in [2.24, 2.45) is 5.41 Å². The Bertz CT molecular complexity index is 514. The number of carbonyl (C=O) groups excluding carboxylic acids is 1. The van der Waals surface area contributed by atoms with Crippen LogP contribution in [0.2, 0.25) is 5.02 Å². The van der Waals surface area contributed by atoms with Gasteiger partial charge in [0.05, 0.1) is 6.07 Å². The highest BCUT2D eigenvalue weighted by atomic mass is 35.5. The molecular weight excluding hydrogens is 272 g/mol. The lowest BCUT2D eigenvalue weighted by molar-refractivity contribution is -0.123. The van der Waals surface area contributed by atoms with Crippen molar-refractivity contribution in [3.05, 3.63) is 28.8 Å². The number of hydrogen-bond acceptors (Lipinski definition) is 2. The first-order valence-electron chi connectivity index (χ1n) is 6.98. The first-order chi connectivity index (χ1) is 9.50. The molecule has 0 unspecified atom stereocenters. The summed E-state index contributed by atoms with van der Waals surface area (Å²) in [5, 5.41) is 12.9. The molecule has 0 aromatic heterocycles. The molecule has 1 N–H and O–H groups in total. The van der Waals surface area contributed by atoms with Gasteiger partial charge in [0.1, 0.15) is 5.41 Å². The Morgan fingerprint density at radius 2 is 1.95 bits per heavy atom. The Morgan fingerprint density at radius 3 is 2.45 bits per heavy atom. The van der Waals surface area contributed by atoms with Crippen LogP contribution in [-0.2, 0) is 4.79 Å². The minimum atomic E-state index is -0.946. The van der Waals surface area contributed by atoms with Gasteiger partial charge in [-0.1, -0.05) is 44.4 Å². The van der Waals surface area contributed by atoms with Gasteiger partial charge in [0.25, 0.3) is 0 Å². The maximum absolute atomic E-state index is 12.5. The molecule has 0 spiro atoms. The van der Waals surface area contributed by atoms with Crippen LogP contribution in [0.25, 0.3) is 0 Å². The lowest BCUT2D eigenvalue weighted by atomic mass is 9.79. The van der Waals surface area contributed by atoms with Gasteiger partial charge in [-0.05, 0) is 37.5 Å². The topological polar surface area (TPSA) is 52.9 Å². The zero-order chi connectivity index (χ0) is 15.2. The Hall–Kier alpha value is -1.53. The summed E-state index contributed by atoms with van der Waals surface area (Å²) in [6.07, 6.45) is 2.75. The van der Waals surface area contributed by atoms with Gasteiger partial charge in [-0.25, -0.2) is 0 Å². The third-order valence-electron chi connectivity index (χ3n) is 3.52. The van der Waals surface area contributed by atoms with Gasteiger partial charge in [-0.15, -0.1) is 0 Å². The molecule has 0 heterocycles. The van der Waals surface area contributed by atoms with Gasteiger partial charge < -0.3 is 5.32 Å². The molecule has 0 saturated heterocycles. The van der Waals surface area contributed by atoms with Gasteiger partial charge in [-0.2, -0.15) is 5.26 Å². The van der Waals surface area contributed by atoms with E-state index >= 15 is 0 Å². The maximum Gasteiger partial charge on any atom is 0.244 e. The standard InChI is InChI=1S/C16H21ClN2O/c1-4-9-16(11-18,10-5-2)15(20)19-14-8-6-7-13(17)12(14)3/h6-8H,4-5,9-10H2,1-3H3,(H,19,20). The highest BCUT2D eigenvalue weighted by Crippen LogP contribution is 2.32. The Balaban J connectivity index is 3.02. The van der Waals surface area contributed by atoms with E-state index in [1.807, 2.05) is 20.8 Å². The van der Waals surface area contributed by atoms with Crippen molar-refractivity contribution in [1.29, 1.82) is 5.26 Å². The minimum absolute atomic E-state index is 0.228. The van der Waals surface area contributed by atoms with Crippen LogP contribution in [0.3, 0.4) is 0 Å². The molecule has 108 valence electrons. The van der Waals surface area contributed by atoms with E-state index in [9.17, 15) is 10.1 Å². The van der Waals surface area contributed by atoms with Crippen LogP contribution in [0.1, 0.15) is 45.1 Å². The molecule has 0 fully saturated rings. The lowest BCUT2D eigenvalue weighted by Gasteiger charge is -2.25. The van der Waals surface area contributed by atoms with Crippen LogP contribution in [0.4, 0.5) is 5.69 Å². The number of benzene rings is 1. The molecule has 1 aromatic rings. The molecule has 0 aliphatic rings. The van der Waals surface area contributed by atoms with Gasteiger partial charge in [0.2, 0.25) is 5.91 Å². The summed E-state index contributed by atoms with van der Waals surface area (Å²) in [6, 6.07) is 7.60. The second kappa shape index (κ2) is 7.31. The number of hydrogen-bond donors (Lipinski definition) is 1. The van der Waals surface area contributed by atoms with Crippen LogP contribution in [-0.4, -0.2) is 5.91 Å². The molecule has 20 heavy (non-hydrogen) atoms. The summed E-state index contributed by atoms with van der Waals surface area (Å²) >= 11 is 6.05. The average molecular weight is 293 g/mol. The summed E-state index contributed by atoms with van der Waals surface area (Å²) in [5.41, 5.74) is 0.551. The van der Waals surface area contributed by atoms with Gasteiger partial charge in [0, 0.05) is 10.7 Å². The number of amides is 1. The predicted molar refractivity (Wildman–Crippen MR) is 82.7 cm³/mol. The fraction of sp³-hybridized carbons (Fsp3) is 0.500. The number of rotatable bonds is 6. The van der Waals surface area contributed by atoms with Crippen molar-refractivity contribution in [2.45, 2.75) is 46.5 Å². The Morgan fingerprint density at radius 1 is 1.35 bits per heavy atom. The van der Waals surface area contributed by atoms with E-state index in [-0.39, 0.29) is 5.91 Å². The van der Waals surface area contributed by atoms with Crippen LogP contribution >= 0.6 is 11.6 Å². The van der Waals surface area contributed by atoms with Crippen LogP contribution in [0.5, 0.6) is 0 Å². The number of nitrogens with one attached hydrogen (secondary N) is 1. The zero-order valence-corrected chi connectivity index (χ0v) is 13.0. The minimum Gasteiger partial charge on any atom is -0.324 e. The fourth-order valence-corrected chi connectivity index (χ4v) is 2.53. The molecule has 3 nitrogen and oxygen atoms in total. The summed E-state index contributed by atoms with van der Waals surface area (Å²) in [7, 11) is 0. The molecule has 1 rings (SSSR count). The third-order valence-corrected chi connectivity index (χ3v) is 3.93. The van der Waals surface area contributed by atoms with Gasteiger partial charge >= 0.3 is 0 Å². The monoisotopic (exact) mass is 292 g/mol. The number of halogens is 1. The smallest absolute Gasteiger partial charge is 0.244 e.